The molecule has 3 rings (SSSR count). The summed E-state index contributed by atoms with van der Waals surface area (Å²) in [5.74, 6) is 1.22. The SMILES string of the molecule is CCNc1cc(C)nc(Nc2ccc(NS(=O)(=O)c3ccc(Br)cc3)cc2)n1. The molecule has 0 bridgehead atoms. The summed E-state index contributed by atoms with van der Waals surface area (Å²) in [6.07, 6.45) is 0. The molecule has 7 nitrogen and oxygen atoms in total. The topological polar surface area (TPSA) is 96.0 Å². The van der Waals surface area contributed by atoms with Crippen molar-refractivity contribution in [2.24, 2.45) is 0 Å². The number of hydrogen-bond acceptors (Lipinski definition) is 6. The molecular weight excluding hydrogens is 442 g/mol. The minimum atomic E-state index is -3.64. The number of halogens is 1. The third kappa shape index (κ3) is 5.20. The summed E-state index contributed by atoms with van der Waals surface area (Å²) in [7, 11) is -3.64. The molecule has 0 unspecified atom stereocenters. The van der Waals surface area contributed by atoms with Crippen LogP contribution in [0.4, 0.5) is 23.1 Å². The van der Waals surface area contributed by atoms with Crippen molar-refractivity contribution >= 4 is 49.1 Å². The zero-order valence-electron chi connectivity index (χ0n) is 15.4. The van der Waals surface area contributed by atoms with Crippen LogP contribution in [0.3, 0.4) is 0 Å². The summed E-state index contributed by atoms with van der Waals surface area (Å²) in [6.45, 7) is 4.66. The monoisotopic (exact) mass is 461 g/mol. The lowest BCUT2D eigenvalue weighted by atomic mass is 10.3. The molecule has 0 aliphatic carbocycles. The molecule has 28 heavy (non-hydrogen) atoms. The second-order valence-corrected chi connectivity index (χ2v) is 8.61. The van der Waals surface area contributed by atoms with E-state index in [2.05, 4.69) is 41.3 Å². The highest BCUT2D eigenvalue weighted by atomic mass is 79.9. The predicted molar refractivity (Wildman–Crippen MR) is 116 cm³/mol. The van der Waals surface area contributed by atoms with Crippen molar-refractivity contribution in [3.8, 4) is 0 Å². The van der Waals surface area contributed by atoms with Crippen molar-refractivity contribution in [2.75, 3.05) is 21.9 Å². The molecule has 3 N–H and O–H groups in total. The van der Waals surface area contributed by atoms with E-state index in [0.717, 1.165) is 28.2 Å². The van der Waals surface area contributed by atoms with E-state index in [-0.39, 0.29) is 4.90 Å². The van der Waals surface area contributed by atoms with Crippen LogP contribution in [0, 0.1) is 6.92 Å². The molecule has 0 aliphatic heterocycles. The smallest absolute Gasteiger partial charge is 0.261 e. The molecule has 0 saturated carbocycles. The molecule has 0 radical (unpaired) electrons. The Morgan fingerprint density at radius 1 is 0.964 bits per heavy atom. The molecule has 0 aliphatic rings. The van der Waals surface area contributed by atoms with Crippen LogP contribution in [0.1, 0.15) is 12.6 Å². The van der Waals surface area contributed by atoms with Gasteiger partial charge in [-0.15, -0.1) is 0 Å². The zero-order valence-corrected chi connectivity index (χ0v) is 17.8. The van der Waals surface area contributed by atoms with Gasteiger partial charge in [-0.2, -0.15) is 4.98 Å². The van der Waals surface area contributed by atoms with Crippen molar-refractivity contribution in [3.05, 3.63) is 64.8 Å². The van der Waals surface area contributed by atoms with Crippen LogP contribution in [0.15, 0.2) is 64.0 Å². The first-order chi connectivity index (χ1) is 13.4. The van der Waals surface area contributed by atoms with Crippen LogP contribution in [0.5, 0.6) is 0 Å². The van der Waals surface area contributed by atoms with Gasteiger partial charge in [-0.25, -0.2) is 13.4 Å². The molecule has 3 aromatic rings. The van der Waals surface area contributed by atoms with Crippen molar-refractivity contribution < 1.29 is 8.42 Å². The third-order valence-corrected chi connectivity index (χ3v) is 5.66. The Kier molecular flexibility index (Phi) is 6.15. The van der Waals surface area contributed by atoms with E-state index in [0.29, 0.717) is 11.6 Å². The Labute approximate surface area is 172 Å². The van der Waals surface area contributed by atoms with E-state index >= 15 is 0 Å². The van der Waals surface area contributed by atoms with Crippen LogP contribution in [-0.2, 0) is 10.0 Å². The molecule has 2 aromatic carbocycles. The number of nitrogens with one attached hydrogen (secondary N) is 3. The van der Waals surface area contributed by atoms with Crippen LogP contribution in [0.25, 0.3) is 0 Å². The van der Waals surface area contributed by atoms with Crippen molar-refractivity contribution in [1.29, 1.82) is 0 Å². The zero-order chi connectivity index (χ0) is 20.1. The van der Waals surface area contributed by atoms with E-state index in [4.69, 9.17) is 0 Å². The Balaban J connectivity index is 1.72. The number of benzene rings is 2. The molecule has 0 spiro atoms. The Morgan fingerprint density at radius 3 is 2.25 bits per heavy atom. The van der Waals surface area contributed by atoms with E-state index < -0.39 is 10.0 Å². The number of nitrogens with zero attached hydrogens (tertiary/aromatic N) is 2. The van der Waals surface area contributed by atoms with Gasteiger partial charge in [0.15, 0.2) is 0 Å². The van der Waals surface area contributed by atoms with Crippen LogP contribution >= 0.6 is 15.9 Å². The summed E-state index contributed by atoms with van der Waals surface area (Å²) in [5.41, 5.74) is 2.05. The average molecular weight is 462 g/mol. The summed E-state index contributed by atoms with van der Waals surface area (Å²) in [6, 6.07) is 15.2. The second kappa shape index (κ2) is 8.57. The molecule has 9 heteroatoms. The van der Waals surface area contributed by atoms with Crippen molar-refractivity contribution in [3.63, 3.8) is 0 Å². The van der Waals surface area contributed by atoms with Gasteiger partial charge in [-0.3, -0.25) is 4.72 Å². The van der Waals surface area contributed by atoms with Gasteiger partial charge in [-0.1, -0.05) is 15.9 Å². The maximum absolute atomic E-state index is 12.5. The van der Waals surface area contributed by atoms with Crippen LogP contribution in [-0.4, -0.2) is 24.9 Å². The first-order valence-electron chi connectivity index (χ1n) is 8.61. The fourth-order valence-corrected chi connectivity index (χ4v) is 3.80. The van der Waals surface area contributed by atoms with Gasteiger partial charge in [-0.05, 0) is 62.4 Å². The predicted octanol–water partition coefficient (Wildman–Crippen LogP) is 4.52. The molecule has 146 valence electrons. The minimum absolute atomic E-state index is 0.196. The number of aromatic nitrogens is 2. The Morgan fingerprint density at radius 2 is 1.61 bits per heavy atom. The lowest BCUT2D eigenvalue weighted by Crippen LogP contribution is -2.12. The summed E-state index contributed by atoms with van der Waals surface area (Å²) in [5, 5.41) is 6.28. The fourth-order valence-electron chi connectivity index (χ4n) is 2.47. The number of sulfonamides is 1. The first kappa shape index (κ1) is 20.1. The number of rotatable bonds is 7. The highest BCUT2D eigenvalue weighted by Crippen LogP contribution is 2.21. The summed E-state index contributed by atoms with van der Waals surface area (Å²) < 4.78 is 28.3. The van der Waals surface area contributed by atoms with Gasteiger partial charge in [0.2, 0.25) is 5.95 Å². The highest BCUT2D eigenvalue weighted by molar-refractivity contribution is 9.10. The maximum Gasteiger partial charge on any atom is 0.261 e. The normalized spacial score (nSPS) is 11.1. The minimum Gasteiger partial charge on any atom is -0.370 e. The maximum atomic E-state index is 12.5. The van der Waals surface area contributed by atoms with Crippen LogP contribution < -0.4 is 15.4 Å². The molecule has 1 heterocycles. The fraction of sp³-hybridized carbons (Fsp3) is 0.158. The number of anilines is 4. The number of hydrogen-bond donors (Lipinski definition) is 3. The lowest BCUT2D eigenvalue weighted by molar-refractivity contribution is 0.601. The molecule has 0 atom stereocenters. The van der Waals surface area contributed by atoms with E-state index in [1.165, 1.54) is 0 Å². The number of aryl methyl sites for hydroxylation is 1. The molecule has 1 aromatic heterocycles. The Bertz CT molecular complexity index is 1050. The van der Waals surface area contributed by atoms with Gasteiger partial charge in [0, 0.05) is 34.2 Å². The van der Waals surface area contributed by atoms with Crippen molar-refractivity contribution in [2.45, 2.75) is 18.7 Å². The van der Waals surface area contributed by atoms with Gasteiger partial charge in [0.1, 0.15) is 5.82 Å². The molecule has 0 fully saturated rings. The van der Waals surface area contributed by atoms with E-state index in [1.807, 2.05) is 19.9 Å². The average Bonchev–Trinajstić information content (AvgIpc) is 2.63. The van der Waals surface area contributed by atoms with Gasteiger partial charge >= 0.3 is 0 Å². The Hall–Kier alpha value is -2.65. The van der Waals surface area contributed by atoms with Crippen molar-refractivity contribution in [1.82, 2.24) is 9.97 Å². The largest absolute Gasteiger partial charge is 0.370 e. The van der Waals surface area contributed by atoms with Gasteiger partial charge in [0.05, 0.1) is 4.90 Å². The molecular formula is C19H20BrN5O2S. The summed E-state index contributed by atoms with van der Waals surface area (Å²) in [4.78, 5) is 8.96. The van der Waals surface area contributed by atoms with E-state index in [9.17, 15) is 8.42 Å². The highest BCUT2D eigenvalue weighted by Gasteiger charge is 2.14. The van der Waals surface area contributed by atoms with E-state index in [1.54, 1.807) is 48.5 Å². The quantitative estimate of drug-likeness (QED) is 0.478. The third-order valence-electron chi connectivity index (χ3n) is 3.73. The van der Waals surface area contributed by atoms with Gasteiger partial charge < -0.3 is 10.6 Å². The molecule has 0 amide bonds. The van der Waals surface area contributed by atoms with Crippen LogP contribution in [0.2, 0.25) is 0 Å². The first-order valence-corrected chi connectivity index (χ1v) is 10.9. The summed E-state index contributed by atoms with van der Waals surface area (Å²) >= 11 is 3.30. The van der Waals surface area contributed by atoms with Gasteiger partial charge in [0.25, 0.3) is 10.0 Å². The lowest BCUT2D eigenvalue weighted by Gasteiger charge is -2.11. The second-order valence-electron chi connectivity index (χ2n) is 6.01. The standard InChI is InChI=1S/C19H20BrN5O2S/c1-3-21-18-12-13(2)22-19(24-18)23-15-6-8-16(9-7-15)25-28(26,27)17-10-4-14(20)5-11-17/h4-12,25H,3H2,1-2H3,(H2,21,22,23,24). The molecule has 0 saturated heterocycles.